The molecule has 0 spiro atoms. The first-order chi connectivity index (χ1) is 7.24. The van der Waals surface area contributed by atoms with Crippen LogP contribution in [0.5, 0.6) is 0 Å². The Kier molecular flexibility index (Phi) is 2.76. The van der Waals surface area contributed by atoms with Crippen molar-refractivity contribution in [3.63, 3.8) is 0 Å². The number of carbonyl (C=O) groups excluding carboxylic acids is 1. The van der Waals surface area contributed by atoms with Gasteiger partial charge in [-0.15, -0.1) is 0 Å². The lowest BCUT2D eigenvalue weighted by molar-refractivity contribution is 0.139. The van der Waals surface area contributed by atoms with Gasteiger partial charge in [-0.25, -0.2) is 4.79 Å². The minimum absolute atomic E-state index is 0.267. The van der Waals surface area contributed by atoms with Gasteiger partial charge in [-0.1, -0.05) is 12.1 Å². The zero-order chi connectivity index (χ0) is 10.7. The highest BCUT2D eigenvalue weighted by Crippen LogP contribution is 2.18. The number of hydrogen-bond acceptors (Lipinski definition) is 3. The molecule has 1 aliphatic rings. The fraction of sp³-hybridized carbons (Fsp3) is 0.364. The molecule has 4 nitrogen and oxygen atoms in total. The summed E-state index contributed by atoms with van der Waals surface area (Å²) < 4.78 is 5.03. The predicted octanol–water partition coefficient (Wildman–Crippen LogP) is 1.66. The smallest absolute Gasteiger partial charge is 0.407 e. The number of anilines is 1. The van der Waals surface area contributed by atoms with Crippen LogP contribution in [0.4, 0.5) is 10.5 Å². The normalized spacial score (nSPS) is 14.7. The average Bonchev–Trinajstić information content (AvgIpc) is 2.99. The molecular weight excluding hydrogens is 192 g/mol. The molecule has 4 heteroatoms. The summed E-state index contributed by atoms with van der Waals surface area (Å²) in [5.41, 5.74) is 7.18. The molecular formula is C11H14N2O2. The highest BCUT2D eigenvalue weighted by atomic mass is 16.5. The molecule has 1 aromatic rings. The first-order valence-electron chi connectivity index (χ1n) is 5.02. The van der Waals surface area contributed by atoms with Crippen molar-refractivity contribution in [1.29, 1.82) is 0 Å². The fourth-order valence-electron chi connectivity index (χ4n) is 1.27. The standard InChI is InChI=1S/C11H14N2O2/c12-9-3-1-2-8(6-9)7-15-11(14)13-10-4-5-10/h1-3,6,10H,4-5,7,12H2,(H,13,14). The molecule has 80 valence electrons. The first-order valence-corrected chi connectivity index (χ1v) is 5.02. The summed E-state index contributed by atoms with van der Waals surface area (Å²) in [6, 6.07) is 7.64. The number of hydrogen-bond donors (Lipinski definition) is 2. The Morgan fingerprint density at radius 1 is 1.53 bits per heavy atom. The lowest BCUT2D eigenvalue weighted by Crippen LogP contribution is -2.26. The number of alkyl carbamates (subject to hydrolysis) is 1. The van der Waals surface area contributed by atoms with Crippen LogP contribution in [0, 0.1) is 0 Å². The molecule has 0 heterocycles. The lowest BCUT2D eigenvalue weighted by Gasteiger charge is -2.06. The van der Waals surface area contributed by atoms with Crippen molar-refractivity contribution in [2.45, 2.75) is 25.5 Å². The van der Waals surface area contributed by atoms with Crippen molar-refractivity contribution in [3.8, 4) is 0 Å². The monoisotopic (exact) mass is 206 g/mol. The van der Waals surface area contributed by atoms with Crippen molar-refractivity contribution in [3.05, 3.63) is 29.8 Å². The lowest BCUT2D eigenvalue weighted by atomic mass is 10.2. The van der Waals surface area contributed by atoms with Crippen LogP contribution in [0.25, 0.3) is 0 Å². The molecule has 1 aromatic carbocycles. The summed E-state index contributed by atoms with van der Waals surface area (Å²) >= 11 is 0. The third-order valence-electron chi connectivity index (χ3n) is 2.22. The van der Waals surface area contributed by atoms with E-state index in [0.717, 1.165) is 18.4 Å². The highest BCUT2D eigenvalue weighted by Gasteiger charge is 2.23. The number of benzene rings is 1. The number of ether oxygens (including phenoxy) is 1. The largest absolute Gasteiger partial charge is 0.445 e. The van der Waals surface area contributed by atoms with E-state index in [0.29, 0.717) is 11.7 Å². The minimum Gasteiger partial charge on any atom is -0.445 e. The molecule has 0 atom stereocenters. The van der Waals surface area contributed by atoms with Gasteiger partial charge in [0.25, 0.3) is 0 Å². The Morgan fingerprint density at radius 3 is 3.00 bits per heavy atom. The van der Waals surface area contributed by atoms with E-state index >= 15 is 0 Å². The summed E-state index contributed by atoms with van der Waals surface area (Å²) in [5.74, 6) is 0. The number of nitrogens with two attached hydrogens (primary N) is 1. The summed E-state index contributed by atoms with van der Waals surface area (Å²) in [7, 11) is 0. The van der Waals surface area contributed by atoms with E-state index in [1.54, 1.807) is 12.1 Å². The van der Waals surface area contributed by atoms with Crippen molar-refractivity contribution < 1.29 is 9.53 Å². The maximum atomic E-state index is 11.2. The Labute approximate surface area is 88.4 Å². The number of rotatable bonds is 3. The van der Waals surface area contributed by atoms with Gasteiger partial charge in [-0.2, -0.15) is 0 Å². The summed E-state index contributed by atoms with van der Waals surface area (Å²) in [6.07, 6.45) is 1.78. The van der Waals surface area contributed by atoms with E-state index in [9.17, 15) is 4.79 Å². The van der Waals surface area contributed by atoms with Gasteiger partial charge in [0.05, 0.1) is 0 Å². The molecule has 0 radical (unpaired) electrons. The second-order valence-corrected chi connectivity index (χ2v) is 3.74. The van der Waals surface area contributed by atoms with Gasteiger partial charge in [0.1, 0.15) is 6.61 Å². The predicted molar refractivity (Wildman–Crippen MR) is 57.2 cm³/mol. The number of nitrogens with one attached hydrogen (secondary N) is 1. The van der Waals surface area contributed by atoms with Crippen LogP contribution in [0.15, 0.2) is 24.3 Å². The van der Waals surface area contributed by atoms with Crippen LogP contribution in [0.2, 0.25) is 0 Å². The van der Waals surface area contributed by atoms with E-state index < -0.39 is 0 Å². The zero-order valence-electron chi connectivity index (χ0n) is 8.40. The molecule has 0 aliphatic heterocycles. The molecule has 1 saturated carbocycles. The van der Waals surface area contributed by atoms with E-state index in [-0.39, 0.29) is 12.7 Å². The average molecular weight is 206 g/mol. The fourth-order valence-corrected chi connectivity index (χ4v) is 1.27. The third-order valence-corrected chi connectivity index (χ3v) is 2.22. The zero-order valence-corrected chi connectivity index (χ0v) is 8.40. The Morgan fingerprint density at radius 2 is 2.33 bits per heavy atom. The van der Waals surface area contributed by atoms with Gasteiger partial charge in [-0.05, 0) is 30.5 Å². The molecule has 0 saturated heterocycles. The van der Waals surface area contributed by atoms with Crippen molar-refractivity contribution in [2.75, 3.05) is 5.73 Å². The van der Waals surface area contributed by atoms with Gasteiger partial charge < -0.3 is 15.8 Å². The third kappa shape index (κ3) is 3.16. The second-order valence-electron chi connectivity index (χ2n) is 3.74. The highest BCUT2D eigenvalue weighted by molar-refractivity contribution is 5.68. The maximum Gasteiger partial charge on any atom is 0.407 e. The van der Waals surface area contributed by atoms with Crippen molar-refractivity contribution in [2.24, 2.45) is 0 Å². The van der Waals surface area contributed by atoms with Gasteiger partial charge >= 0.3 is 6.09 Å². The molecule has 0 bridgehead atoms. The summed E-state index contributed by atoms with van der Waals surface area (Å²) in [5, 5.41) is 2.75. The van der Waals surface area contributed by atoms with E-state index in [1.807, 2.05) is 12.1 Å². The SMILES string of the molecule is Nc1cccc(COC(=O)NC2CC2)c1. The summed E-state index contributed by atoms with van der Waals surface area (Å²) in [4.78, 5) is 11.2. The molecule has 0 aromatic heterocycles. The minimum atomic E-state index is -0.347. The van der Waals surface area contributed by atoms with Crippen LogP contribution in [0.3, 0.4) is 0 Å². The van der Waals surface area contributed by atoms with Crippen LogP contribution in [-0.2, 0) is 11.3 Å². The van der Waals surface area contributed by atoms with Crippen molar-refractivity contribution >= 4 is 11.8 Å². The molecule has 3 N–H and O–H groups in total. The molecule has 0 unspecified atom stereocenters. The summed E-state index contributed by atoms with van der Waals surface area (Å²) in [6.45, 7) is 0.267. The van der Waals surface area contributed by atoms with Crippen LogP contribution in [0.1, 0.15) is 18.4 Å². The Balaban J connectivity index is 1.78. The maximum absolute atomic E-state index is 11.2. The van der Waals surface area contributed by atoms with Gasteiger partial charge in [-0.3, -0.25) is 0 Å². The second kappa shape index (κ2) is 4.21. The number of carbonyl (C=O) groups is 1. The van der Waals surface area contributed by atoms with Gasteiger partial charge in [0.2, 0.25) is 0 Å². The van der Waals surface area contributed by atoms with Crippen LogP contribution < -0.4 is 11.1 Å². The molecule has 15 heavy (non-hydrogen) atoms. The van der Waals surface area contributed by atoms with E-state index in [1.165, 1.54) is 0 Å². The Bertz CT molecular complexity index is 361. The van der Waals surface area contributed by atoms with Gasteiger partial charge in [0.15, 0.2) is 0 Å². The Hall–Kier alpha value is -1.71. The quantitative estimate of drug-likeness (QED) is 0.739. The topological polar surface area (TPSA) is 64.3 Å². The van der Waals surface area contributed by atoms with E-state index in [2.05, 4.69) is 5.32 Å². The first kappa shape index (κ1) is 9.83. The van der Waals surface area contributed by atoms with Crippen LogP contribution >= 0.6 is 0 Å². The molecule has 2 rings (SSSR count). The molecule has 1 fully saturated rings. The van der Waals surface area contributed by atoms with Crippen molar-refractivity contribution in [1.82, 2.24) is 5.32 Å². The van der Waals surface area contributed by atoms with Gasteiger partial charge in [0, 0.05) is 11.7 Å². The molecule has 1 amide bonds. The van der Waals surface area contributed by atoms with E-state index in [4.69, 9.17) is 10.5 Å². The van der Waals surface area contributed by atoms with Crippen LogP contribution in [-0.4, -0.2) is 12.1 Å². The number of nitrogen functional groups attached to an aromatic ring is 1. The number of amides is 1. The molecule has 1 aliphatic carbocycles.